The molecule has 0 saturated carbocycles. The van der Waals surface area contributed by atoms with E-state index < -0.39 is 0 Å². The third kappa shape index (κ3) is 6.57. The van der Waals surface area contributed by atoms with Crippen molar-refractivity contribution >= 4 is 5.91 Å². The number of rotatable bonds is 4. The molecule has 0 unspecified atom stereocenters. The van der Waals surface area contributed by atoms with Gasteiger partial charge in [-0.1, -0.05) is 18.7 Å². The van der Waals surface area contributed by atoms with Gasteiger partial charge in [-0.2, -0.15) is 5.26 Å². The van der Waals surface area contributed by atoms with Crippen molar-refractivity contribution in [3.05, 3.63) is 36.6 Å². The van der Waals surface area contributed by atoms with Crippen LogP contribution in [0.3, 0.4) is 0 Å². The van der Waals surface area contributed by atoms with Crippen LogP contribution in [0.15, 0.2) is 36.6 Å². The molecule has 3 nitrogen and oxygen atoms in total. The summed E-state index contributed by atoms with van der Waals surface area (Å²) in [6.07, 6.45) is 6.91. The fourth-order valence-electron chi connectivity index (χ4n) is 0.708. The van der Waals surface area contributed by atoms with E-state index >= 15 is 0 Å². The maximum absolute atomic E-state index is 10.7. The van der Waals surface area contributed by atoms with E-state index in [0.717, 1.165) is 0 Å². The molecule has 0 heterocycles. The molecular formula is C10H12N2O. The van der Waals surface area contributed by atoms with Gasteiger partial charge in [-0.3, -0.25) is 4.79 Å². The molecule has 0 aliphatic rings. The van der Waals surface area contributed by atoms with E-state index in [9.17, 15) is 4.79 Å². The average Bonchev–Trinajstić information content (AvgIpc) is 2.04. The summed E-state index contributed by atoms with van der Waals surface area (Å²) in [5.41, 5.74) is 0.637. The molecule has 0 aromatic heterocycles. The maximum Gasteiger partial charge on any atom is 0.221 e. The van der Waals surface area contributed by atoms with Crippen LogP contribution < -0.4 is 5.32 Å². The lowest BCUT2D eigenvalue weighted by Gasteiger charge is -2.00. The Kier molecular flexibility index (Phi) is 5.90. The molecule has 0 radical (unpaired) electrons. The van der Waals surface area contributed by atoms with Gasteiger partial charge in [-0.25, -0.2) is 0 Å². The first-order valence-corrected chi connectivity index (χ1v) is 3.84. The molecule has 0 atom stereocenters. The monoisotopic (exact) mass is 176 g/mol. The summed E-state index contributed by atoms with van der Waals surface area (Å²) >= 11 is 0. The van der Waals surface area contributed by atoms with E-state index in [1.165, 1.54) is 6.92 Å². The number of hydrogen-bond acceptors (Lipinski definition) is 2. The van der Waals surface area contributed by atoms with E-state index in [1.54, 1.807) is 24.3 Å². The average molecular weight is 176 g/mol. The Hall–Kier alpha value is -1.82. The Morgan fingerprint density at radius 1 is 1.69 bits per heavy atom. The second-order valence-electron chi connectivity index (χ2n) is 2.30. The van der Waals surface area contributed by atoms with Gasteiger partial charge < -0.3 is 5.32 Å². The zero-order chi connectivity index (χ0) is 10.1. The molecule has 3 heteroatoms. The largest absolute Gasteiger partial charge is 0.326 e. The van der Waals surface area contributed by atoms with E-state index in [-0.39, 0.29) is 5.91 Å². The number of amides is 1. The molecule has 68 valence electrons. The summed E-state index contributed by atoms with van der Waals surface area (Å²) in [5.74, 6) is -0.144. The predicted molar refractivity (Wildman–Crippen MR) is 51.5 cm³/mol. The van der Waals surface area contributed by atoms with Crippen molar-refractivity contribution in [3.63, 3.8) is 0 Å². The molecule has 0 rings (SSSR count). The van der Waals surface area contributed by atoms with E-state index in [2.05, 4.69) is 11.9 Å². The fraction of sp³-hybridized carbons (Fsp3) is 0.200. The molecule has 0 aliphatic heterocycles. The zero-order valence-corrected chi connectivity index (χ0v) is 7.58. The van der Waals surface area contributed by atoms with Crippen molar-refractivity contribution < 1.29 is 4.79 Å². The van der Waals surface area contributed by atoms with E-state index in [0.29, 0.717) is 12.1 Å². The Balaban J connectivity index is 4.28. The SMILES string of the molecule is C=C/C=C(\C=C/CC#N)NC(C)=O. The van der Waals surface area contributed by atoms with E-state index in [4.69, 9.17) is 5.26 Å². The highest BCUT2D eigenvalue weighted by atomic mass is 16.1. The molecule has 0 bridgehead atoms. The van der Waals surface area contributed by atoms with Gasteiger partial charge in [-0.05, 0) is 12.2 Å². The standard InChI is InChI=1S/C10H12N2O/c1-3-6-10(12-9(2)13)7-4-5-8-11/h3-4,6-7H,1,5H2,2H3,(H,12,13)/b7-4-,10-6+. The van der Waals surface area contributed by atoms with Gasteiger partial charge in [0.2, 0.25) is 5.91 Å². The van der Waals surface area contributed by atoms with Crippen LogP contribution in [0.1, 0.15) is 13.3 Å². The van der Waals surface area contributed by atoms with Crippen molar-refractivity contribution in [2.75, 3.05) is 0 Å². The van der Waals surface area contributed by atoms with Gasteiger partial charge in [-0.15, -0.1) is 0 Å². The minimum Gasteiger partial charge on any atom is -0.326 e. The molecule has 0 aromatic rings. The lowest BCUT2D eigenvalue weighted by molar-refractivity contribution is -0.118. The summed E-state index contributed by atoms with van der Waals surface area (Å²) in [5, 5.41) is 10.9. The van der Waals surface area contributed by atoms with Crippen LogP contribution >= 0.6 is 0 Å². The molecule has 13 heavy (non-hydrogen) atoms. The summed E-state index contributed by atoms with van der Waals surface area (Å²) < 4.78 is 0. The third-order valence-corrected chi connectivity index (χ3v) is 1.12. The normalized spacial score (nSPS) is 10.9. The van der Waals surface area contributed by atoms with Crippen LogP contribution in [0.25, 0.3) is 0 Å². The number of nitrogens with one attached hydrogen (secondary N) is 1. The van der Waals surface area contributed by atoms with Gasteiger partial charge in [0.05, 0.1) is 12.5 Å². The van der Waals surface area contributed by atoms with Crippen LogP contribution in [0, 0.1) is 11.3 Å². The van der Waals surface area contributed by atoms with Gasteiger partial charge in [0, 0.05) is 12.6 Å². The van der Waals surface area contributed by atoms with Crippen LogP contribution in [0.4, 0.5) is 0 Å². The topological polar surface area (TPSA) is 52.9 Å². The van der Waals surface area contributed by atoms with Crippen LogP contribution in [0.5, 0.6) is 0 Å². The van der Waals surface area contributed by atoms with Crippen molar-refractivity contribution in [1.82, 2.24) is 5.32 Å². The van der Waals surface area contributed by atoms with Crippen molar-refractivity contribution in [2.45, 2.75) is 13.3 Å². The molecule has 1 N–H and O–H groups in total. The molecule has 0 aliphatic carbocycles. The Morgan fingerprint density at radius 2 is 2.38 bits per heavy atom. The van der Waals surface area contributed by atoms with Crippen LogP contribution in [0.2, 0.25) is 0 Å². The molecule has 1 amide bonds. The molecule has 0 saturated heterocycles. The minimum atomic E-state index is -0.144. The predicted octanol–water partition coefficient (Wildman–Crippen LogP) is 1.66. The highest BCUT2D eigenvalue weighted by Crippen LogP contribution is 1.94. The fourth-order valence-corrected chi connectivity index (χ4v) is 0.708. The highest BCUT2D eigenvalue weighted by molar-refractivity contribution is 5.75. The minimum absolute atomic E-state index is 0.144. The number of carbonyl (C=O) groups excluding carboxylic acids is 1. The lowest BCUT2D eigenvalue weighted by atomic mass is 10.3. The number of nitrogens with zero attached hydrogens (tertiary/aromatic N) is 1. The summed E-state index contributed by atoms with van der Waals surface area (Å²) in [7, 11) is 0. The molecule has 0 fully saturated rings. The number of hydrogen-bond donors (Lipinski definition) is 1. The van der Waals surface area contributed by atoms with Gasteiger partial charge in [0.15, 0.2) is 0 Å². The number of nitriles is 1. The number of carbonyl (C=O) groups is 1. The van der Waals surface area contributed by atoms with Crippen LogP contribution in [-0.2, 0) is 4.79 Å². The van der Waals surface area contributed by atoms with Gasteiger partial charge in [0.25, 0.3) is 0 Å². The molecular weight excluding hydrogens is 164 g/mol. The van der Waals surface area contributed by atoms with Crippen molar-refractivity contribution in [3.8, 4) is 6.07 Å². The zero-order valence-electron chi connectivity index (χ0n) is 7.58. The summed E-state index contributed by atoms with van der Waals surface area (Å²) in [6.45, 7) is 4.94. The van der Waals surface area contributed by atoms with Crippen molar-refractivity contribution in [2.24, 2.45) is 0 Å². The maximum atomic E-state index is 10.7. The first kappa shape index (κ1) is 11.2. The molecule has 0 aromatic carbocycles. The van der Waals surface area contributed by atoms with Gasteiger partial charge in [0.1, 0.15) is 0 Å². The first-order valence-electron chi connectivity index (χ1n) is 3.84. The molecule has 0 spiro atoms. The van der Waals surface area contributed by atoms with Crippen molar-refractivity contribution in [1.29, 1.82) is 5.26 Å². The summed E-state index contributed by atoms with van der Waals surface area (Å²) in [6, 6.07) is 1.97. The second-order valence-corrected chi connectivity index (χ2v) is 2.30. The summed E-state index contributed by atoms with van der Waals surface area (Å²) in [4.78, 5) is 10.7. The van der Waals surface area contributed by atoms with E-state index in [1.807, 2.05) is 6.07 Å². The van der Waals surface area contributed by atoms with Crippen LogP contribution in [-0.4, -0.2) is 5.91 Å². The Labute approximate surface area is 78.1 Å². The Morgan fingerprint density at radius 3 is 2.85 bits per heavy atom. The first-order chi connectivity index (χ1) is 6.20. The third-order valence-electron chi connectivity index (χ3n) is 1.12. The lowest BCUT2D eigenvalue weighted by Crippen LogP contribution is -2.17. The smallest absolute Gasteiger partial charge is 0.221 e. The van der Waals surface area contributed by atoms with Gasteiger partial charge >= 0.3 is 0 Å². The Bertz CT molecular complexity index is 282. The number of allylic oxidation sites excluding steroid dienone is 4. The second kappa shape index (κ2) is 6.86. The quantitative estimate of drug-likeness (QED) is 0.662. The highest BCUT2D eigenvalue weighted by Gasteiger charge is 1.92.